The molecule has 12 nitrogen and oxygen atoms in total. The number of benzene rings is 1. The van der Waals surface area contributed by atoms with Gasteiger partial charge in [-0.1, -0.05) is 41.4 Å². The standard InChI is InChI=1S/C21H25Cl2FN3O9P/c1-11(2)34-18(30)12(3)26-37(32,36-13-7-5-4-6-8-13)33-10-15-16(28)21(22,23)19(35-15)27-9-14(24)17(29)25-20(27)31/h4-9,11-12,15-16,19,28H,10H2,1-3H3,(H,26,32)(H,25,29,31)/t12?,15-,16-,19-,37?/m1/s1. The lowest BCUT2D eigenvalue weighted by Gasteiger charge is -2.25. The number of hydrogen-bond acceptors (Lipinski definition) is 9. The van der Waals surface area contributed by atoms with Crippen LogP contribution in [0.15, 0.2) is 46.1 Å². The van der Waals surface area contributed by atoms with E-state index in [1.165, 1.54) is 19.1 Å². The Hall–Kier alpha value is -2.25. The fourth-order valence-corrected chi connectivity index (χ4v) is 5.34. The van der Waals surface area contributed by atoms with Crippen molar-refractivity contribution in [2.24, 2.45) is 0 Å². The van der Waals surface area contributed by atoms with Gasteiger partial charge in [0, 0.05) is 0 Å². The number of para-hydroxylation sites is 1. The molecule has 16 heteroatoms. The van der Waals surface area contributed by atoms with E-state index >= 15 is 0 Å². The maximum absolute atomic E-state index is 13.8. The van der Waals surface area contributed by atoms with E-state index in [0.29, 0.717) is 10.8 Å². The molecule has 2 heterocycles. The van der Waals surface area contributed by atoms with Gasteiger partial charge in [0.15, 0.2) is 10.6 Å². The van der Waals surface area contributed by atoms with Crippen LogP contribution < -0.4 is 20.9 Å². The van der Waals surface area contributed by atoms with Crippen molar-refractivity contribution >= 4 is 36.9 Å². The Morgan fingerprint density at radius 2 is 1.95 bits per heavy atom. The number of carbonyl (C=O) groups excluding carboxylic acids is 1. The molecular formula is C21H25Cl2FN3O9P. The molecule has 2 unspecified atom stereocenters. The van der Waals surface area contributed by atoms with Gasteiger partial charge in [0.2, 0.25) is 5.82 Å². The third-order valence-corrected chi connectivity index (χ3v) is 7.46. The van der Waals surface area contributed by atoms with E-state index in [4.69, 9.17) is 41.7 Å². The van der Waals surface area contributed by atoms with Crippen LogP contribution in [0.2, 0.25) is 0 Å². The van der Waals surface area contributed by atoms with Gasteiger partial charge in [-0.3, -0.25) is 23.7 Å². The molecule has 0 saturated carbocycles. The number of aromatic amines is 1. The van der Waals surface area contributed by atoms with Crippen molar-refractivity contribution in [2.45, 2.75) is 55.7 Å². The SMILES string of the molecule is CC(C)OC(=O)C(C)NP(=O)(OC[C@H]1O[C@@H](n2cc(F)c(=O)[nH]c2=O)C(Cl)(Cl)[C@@H]1O)Oc1ccccc1. The first-order chi connectivity index (χ1) is 17.2. The maximum Gasteiger partial charge on any atom is 0.459 e. The van der Waals surface area contributed by atoms with E-state index in [1.807, 2.05) is 0 Å². The second-order valence-corrected chi connectivity index (χ2v) is 11.5. The van der Waals surface area contributed by atoms with E-state index in [9.17, 15) is 28.4 Å². The summed E-state index contributed by atoms with van der Waals surface area (Å²) in [4.78, 5) is 37.5. The number of H-pyrrole nitrogens is 1. The van der Waals surface area contributed by atoms with E-state index in [-0.39, 0.29) is 5.75 Å². The molecule has 2 aromatic rings. The number of nitrogens with one attached hydrogen (secondary N) is 2. The average molecular weight is 584 g/mol. The lowest BCUT2D eigenvalue weighted by molar-refractivity contribution is -0.149. The zero-order valence-corrected chi connectivity index (χ0v) is 22.2. The molecule has 1 aromatic heterocycles. The van der Waals surface area contributed by atoms with Crippen LogP contribution in [0.5, 0.6) is 5.75 Å². The molecule has 1 fully saturated rings. The number of alkyl halides is 2. The van der Waals surface area contributed by atoms with E-state index < -0.39 is 72.3 Å². The quantitative estimate of drug-likeness (QED) is 0.215. The van der Waals surface area contributed by atoms with E-state index in [1.54, 1.807) is 37.0 Å². The minimum absolute atomic E-state index is 0.132. The first-order valence-electron chi connectivity index (χ1n) is 10.9. The molecule has 1 aliphatic rings. The molecule has 0 amide bonds. The van der Waals surface area contributed by atoms with Crippen molar-refractivity contribution in [1.29, 1.82) is 0 Å². The Labute approximate surface area is 220 Å². The zero-order valence-electron chi connectivity index (χ0n) is 19.8. The molecule has 3 rings (SSSR count). The molecular weight excluding hydrogens is 559 g/mol. The highest BCUT2D eigenvalue weighted by Crippen LogP contribution is 2.49. The molecule has 1 aromatic carbocycles. The Balaban J connectivity index is 1.82. The second-order valence-electron chi connectivity index (χ2n) is 8.32. The Morgan fingerprint density at radius 1 is 1.30 bits per heavy atom. The van der Waals surface area contributed by atoms with Crippen LogP contribution in [-0.4, -0.2) is 55.9 Å². The summed E-state index contributed by atoms with van der Waals surface area (Å²) >= 11 is 12.4. The van der Waals surface area contributed by atoms with Crippen LogP contribution in [0.25, 0.3) is 0 Å². The van der Waals surface area contributed by atoms with Crippen LogP contribution in [0.4, 0.5) is 4.39 Å². The lowest BCUT2D eigenvalue weighted by atomic mass is 10.2. The summed E-state index contributed by atoms with van der Waals surface area (Å²) < 4.78 is 47.3. The Morgan fingerprint density at radius 3 is 2.57 bits per heavy atom. The smallest absolute Gasteiger partial charge is 0.459 e. The van der Waals surface area contributed by atoms with Crippen molar-refractivity contribution in [3.63, 3.8) is 0 Å². The normalized spacial score (nSPS) is 23.4. The van der Waals surface area contributed by atoms with E-state index in [0.717, 1.165) is 0 Å². The van der Waals surface area contributed by atoms with Crippen molar-refractivity contribution in [2.75, 3.05) is 6.61 Å². The molecule has 3 N–H and O–H groups in total. The number of nitrogens with zero attached hydrogens (tertiary/aromatic N) is 1. The van der Waals surface area contributed by atoms with Crippen LogP contribution in [0, 0.1) is 5.82 Å². The van der Waals surface area contributed by atoms with Gasteiger partial charge in [-0.15, -0.1) is 0 Å². The van der Waals surface area contributed by atoms with Gasteiger partial charge in [0.1, 0.15) is 24.0 Å². The number of ether oxygens (including phenoxy) is 2. The number of rotatable bonds is 10. The Kier molecular flexibility index (Phi) is 9.23. The minimum atomic E-state index is -4.34. The highest BCUT2D eigenvalue weighted by molar-refractivity contribution is 7.52. The fraction of sp³-hybridized carbons (Fsp3) is 0.476. The highest BCUT2D eigenvalue weighted by atomic mass is 35.5. The van der Waals surface area contributed by atoms with Crippen molar-refractivity contribution in [1.82, 2.24) is 14.6 Å². The topological polar surface area (TPSA) is 158 Å². The molecule has 37 heavy (non-hydrogen) atoms. The lowest BCUT2D eigenvalue weighted by Crippen LogP contribution is -2.42. The van der Waals surface area contributed by atoms with Gasteiger partial charge >= 0.3 is 19.4 Å². The van der Waals surface area contributed by atoms with Crippen LogP contribution in [-0.2, 0) is 23.4 Å². The third-order valence-electron chi connectivity index (χ3n) is 4.99. The summed E-state index contributed by atoms with van der Waals surface area (Å²) in [6, 6.07) is 6.76. The van der Waals surface area contributed by atoms with Gasteiger partial charge in [-0.25, -0.2) is 9.36 Å². The van der Waals surface area contributed by atoms with Crippen molar-refractivity contribution < 1.29 is 37.4 Å². The Bertz CT molecular complexity index is 1270. The molecule has 0 radical (unpaired) electrons. The number of aromatic nitrogens is 2. The van der Waals surface area contributed by atoms with Gasteiger partial charge in [-0.05, 0) is 32.9 Å². The molecule has 5 atom stereocenters. The first-order valence-corrected chi connectivity index (χ1v) is 13.2. The highest BCUT2D eigenvalue weighted by Gasteiger charge is 2.56. The predicted molar refractivity (Wildman–Crippen MR) is 130 cm³/mol. The monoisotopic (exact) mass is 583 g/mol. The number of esters is 1. The maximum atomic E-state index is 13.8. The molecule has 0 aliphatic carbocycles. The first kappa shape index (κ1) is 29.3. The third kappa shape index (κ3) is 6.99. The molecule has 0 spiro atoms. The molecule has 0 bridgehead atoms. The van der Waals surface area contributed by atoms with Crippen LogP contribution >= 0.6 is 30.9 Å². The van der Waals surface area contributed by atoms with E-state index in [2.05, 4.69) is 5.09 Å². The molecule has 1 aliphatic heterocycles. The predicted octanol–water partition coefficient (Wildman–Crippen LogP) is 2.24. The van der Waals surface area contributed by atoms with Crippen molar-refractivity contribution in [3.05, 3.63) is 63.2 Å². The number of aliphatic hydroxyl groups excluding tert-OH is 1. The van der Waals surface area contributed by atoms with Crippen molar-refractivity contribution in [3.8, 4) is 5.75 Å². The number of carbonyl (C=O) groups is 1. The summed E-state index contributed by atoms with van der Waals surface area (Å²) in [5.74, 6) is -1.92. The van der Waals surface area contributed by atoms with Gasteiger partial charge in [0.05, 0.1) is 18.9 Å². The van der Waals surface area contributed by atoms with Gasteiger partial charge < -0.3 is 19.1 Å². The van der Waals surface area contributed by atoms with Crippen LogP contribution in [0.1, 0.15) is 27.0 Å². The second kappa shape index (κ2) is 11.6. The summed E-state index contributed by atoms with van der Waals surface area (Å²) in [6.45, 7) is 4.00. The van der Waals surface area contributed by atoms with Gasteiger partial charge in [0.25, 0.3) is 5.56 Å². The number of hydrogen-bond donors (Lipinski definition) is 3. The van der Waals surface area contributed by atoms with Gasteiger partial charge in [-0.2, -0.15) is 9.48 Å². The average Bonchev–Trinajstić information content (AvgIpc) is 3.03. The summed E-state index contributed by atoms with van der Waals surface area (Å²) in [5, 5.41) is 13.1. The van der Waals surface area contributed by atoms with Crippen LogP contribution in [0.3, 0.4) is 0 Å². The zero-order chi connectivity index (χ0) is 27.5. The number of halogens is 3. The minimum Gasteiger partial charge on any atom is -0.462 e. The summed E-state index contributed by atoms with van der Waals surface area (Å²) in [5.41, 5.74) is -2.38. The molecule has 1 saturated heterocycles. The fourth-order valence-electron chi connectivity index (χ4n) is 3.25. The largest absolute Gasteiger partial charge is 0.462 e. The summed E-state index contributed by atoms with van der Waals surface area (Å²) in [6.07, 6.45) is -4.73. The number of aliphatic hydroxyl groups is 1. The molecule has 204 valence electrons. The summed E-state index contributed by atoms with van der Waals surface area (Å²) in [7, 11) is -4.34.